The SMILES string of the molecule is CC1=N[I-]C=C([C@@H](C)Nc2ncnc3ncc(-c4ccc(F)cc4)cc23)C=C1. The predicted octanol–water partition coefficient (Wildman–Crippen LogP) is 1.55. The second-order valence-corrected chi connectivity index (χ2v) is 8.12. The van der Waals surface area contributed by atoms with Crippen molar-refractivity contribution in [2.75, 3.05) is 5.32 Å². The molecule has 3 heterocycles. The predicted molar refractivity (Wildman–Crippen MR) is 106 cm³/mol. The zero-order valence-electron chi connectivity index (χ0n) is 15.4. The molecule has 4 rings (SSSR count). The summed E-state index contributed by atoms with van der Waals surface area (Å²) < 4.78 is 20.0. The average molecular weight is 486 g/mol. The van der Waals surface area contributed by atoms with Crippen LogP contribution in [0.15, 0.2) is 67.9 Å². The summed E-state index contributed by atoms with van der Waals surface area (Å²) in [4.78, 5) is 13.2. The van der Waals surface area contributed by atoms with E-state index in [0.717, 1.165) is 28.0 Å². The van der Waals surface area contributed by atoms with Gasteiger partial charge in [-0.1, -0.05) is 0 Å². The van der Waals surface area contributed by atoms with E-state index in [1.165, 1.54) is 24.0 Å². The molecule has 0 radical (unpaired) electrons. The molecule has 1 atom stereocenters. The number of pyridine rings is 1. The maximum absolute atomic E-state index is 13.2. The summed E-state index contributed by atoms with van der Waals surface area (Å²) in [6.45, 7) is 4.12. The Balaban J connectivity index is 1.67. The number of allylic oxidation sites excluding steroid dienone is 1. The van der Waals surface area contributed by atoms with Crippen molar-refractivity contribution in [1.29, 1.82) is 0 Å². The molecule has 0 saturated carbocycles. The number of nitrogens with zero attached hydrogens (tertiary/aromatic N) is 4. The molecule has 5 nitrogen and oxygen atoms in total. The molecule has 0 aliphatic carbocycles. The Morgan fingerprint density at radius 2 is 1.86 bits per heavy atom. The van der Waals surface area contributed by atoms with E-state index in [-0.39, 0.29) is 33.3 Å². The molecule has 0 bridgehead atoms. The molecule has 1 aliphatic rings. The molecule has 2 aromatic heterocycles. The molecular formula is C21H18FIN5-. The summed E-state index contributed by atoms with van der Waals surface area (Å²) in [5.74, 6) is 0.465. The Bertz CT molecular complexity index is 1110. The van der Waals surface area contributed by atoms with Gasteiger partial charge in [0.2, 0.25) is 0 Å². The van der Waals surface area contributed by atoms with E-state index >= 15 is 0 Å². The summed E-state index contributed by atoms with van der Waals surface area (Å²) in [5.41, 5.74) is 4.66. The molecule has 1 aromatic carbocycles. The fourth-order valence-electron chi connectivity index (χ4n) is 2.83. The fourth-order valence-corrected chi connectivity index (χ4v) is 4.64. The first kappa shape index (κ1) is 18.7. The fraction of sp³-hybridized carbons (Fsp3) is 0.143. The van der Waals surface area contributed by atoms with E-state index in [4.69, 9.17) is 0 Å². The standard InChI is InChI=1S/C21H18FIN5/c1-13-3-4-16(10-23-28-13)14(2)27-21-19-9-17(11-24-20(19)25-12-26-21)15-5-7-18(22)8-6-15/h3-12,14H,1-2H3,(H,24,25,26,27)/q-1/t14-/m1/s1. The van der Waals surface area contributed by atoms with Crippen molar-refractivity contribution in [1.82, 2.24) is 15.0 Å². The van der Waals surface area contributed by atoms with E-state index in [0.29, 0.717) is 5.65 Å². The van der Waals surface area contributed by atoms with Crippen LogP contribution in [-0.4, -0.2) is 26.7 Å². The summed E-state index contributed by atoms with van der Waals surface area (Å²) in [7, 11) is 0. The van der Waals surface area contributed by atoms with Crippen molar-refractivity contribution >= 4 is 22.6 Å². The van der Waals surface area contributed by atoms with Crippen molar-refractivity contribution in [3.05, 3.63) is 70.5 Å². The van der Waals surface area contributed by atoms with Crippen molar-refractivity contribution in [2.45, 2.75) is 19.9 Å². The second kappa shape index (κ2) is 8.14. The average Bonchev–Trinajstić information content (AvgIpc) is 2.93. The molecule has 0 unspecified atom stereocenters. The van der Waals surface area contributed by atoms with Crippen molar-refractivity contribution in [3.8, 4) is 11.1 Å². The molecule has 0 spiro atoms. The number of nitrogens with one attached hydrogen (secondary N) is 1. The number of rotatable bonds is 4. The van der Waals surface area contributed by atoms with E-state index in [1.54, 1.807) is 18.3 Å². The third kappa shape index (κ3) is 4.09. The minimum atomic E-state index is -0.329. The molecule has 0 amide bonds. The number of hydrogen-bond donors (Lipinski definition) is 1. The van der Waals surface area contributed by atoms with Gasteiger partial charge in [-0.3, -0.25) is 0 Å². The number of fused-ring (bicyclic) bond motifs is 1. The molecule has 7 heteroatoms. The molecule has 0 saturated heterocycles. The van der Waals surface area contributed by atoms with Crippen molar-refractivity contribution in [3.63, 3.8) is 0 Å². The van der Waals surface area contributed by atoms with Crippen LogP contribution in [0.2, 0.25) is 0 Å². The van der Waals surface area contributed by atoms with Crippen LogP contribution >= 0.6 is 0 Å². The number of anilines is 1. The zero-order chi connectivity index (χ0) is 19.5. The molecule has 3 aromatic rings. The van der Waals surface area contributed by atoms with Gasteiger partial charge < -0.3 is 0 Å². The number of hydrogen-bond acceptors (Lipinski definition) is 5. The van der Waals surface area contributed by atoms with Gasteiger partial charge in [-0.05, 0) is 0 Å². The summed E-state index contributed by atoms with van der Waals surface area (Å²) in [6.07, 6.45) is 7.41. The number of benzene rings is 1. The number of halogens is 2. The van der Waals surface area contributed by atoms with Crippen molar-refractivity contribution < 1.29 is 25.9 Å². The molecule has 0 fully saturated rings. The third-order valence-electron chi connectivity index (χ3n) is 4.39. The molecule has 1 N–H and O–H groups in total. The van der Waals surface area contributed by atoms with Crippen LogP contribution in [0.25, 0.3) is 22.2 Å². The Morgan fingerprint density at radius 1 is 1.04 bits per heavy atom. The van der Waals surface area contributed by atoms with Gasteiger partial charge in [0, 0.05) is 0 Å². The van der Waals surface area contributed by atoms with E-state index in [9.17, 15) is 4.39 Å². The summed E-state index contributed by atoms with van der Waals surface area (Å²) in [5, 5.41) is 4.31. The normalized spacial score (nSPS) is 15.2. The maximum atomic E-state index is 13.2. The van der Waals surface area contributed by atoms with Crippen LogP contribution in [0.1, 0.15) is 13.8 Å². The Morgan fingerprint density at radius 3 is 2.68 bits per heavy atom. The van der Waals surface area contributed by atoms with Crippen LogP contribution in [0.5, 0.6) is 0 Å². The van der Waals surface area contributed by atoms with Gasteiger partial charge in [0.05, 0.1) is 0 Å². The van der Waals surface area contributed by atoms with Gasteiger partial charge >= 0.3 is 169 Å². The first-order chi connectivity index (χ1) is 13.6. The molecule has 142 valence electrons. The minimum absolute atomic E-state index is 0.0737. The van der Waals surface area contributed by atoms with Gasteiger partial charge in [0.1, 0.15) is 0 Å². The Kier molecular flexibility index (Phi) is 5.43. The van der Waals surface area contributed by atoms with Crippen LogP contribution in [0.3, 0.4) is 0 Å². The quantitative estimate of drug-likeness (QED) is 0.569. The summed E-state index contributed by atoms with van der Waals surface area (Å²) >= 11 is -0.329. The van der Waals surface area contributed by atoms with Gasteiger partial charge in [-0.15, -0.1) is 0 Å². The van der Waals surface area contributed by atoms with E-state index < -0.39 is 0 Å². The monoisotopic (exact) mass is 486 g/mol. The molecule has 28 heavy (non-hydrogen) atoms. The van der Waals surface area contributed by atoms with Crippen LogP contribution in [-0.2, 0) is 0 Å². The molecule has 1 aliphatic heterocycles. The van der Waals surface area contributed by atoms with Crippen LogP contribution in [0.4, 0.5) is 10.2 Å². The third-order valence-corrected chi connectivity index (χ3v) is 6.43. The topological polar surface area (TPSA) is 63.1 Å². The Hall–Kier alpha value is -2.68. The van der Waals surface area contributed by atoms with Gasteiger partial charge in [0.25, 0.3) is 0 Å². The van der Waals surface area contributed by atoms with Gasteiger partial charge in [-0.2, -0.15) is 0 Å². The van der Waals surface area contributed by atoms with Gasteiger partial charge in [-0.25, -0.2) is 4.39 Å². The van der Waals surface area contributed by atoms with Gasteiger partial charge in [0.15, 0.2) is 0 Å². The second-order valence-electron chi connectivity index (χ2n) is 6.46. The van der Waals surface area contributed by atoms with Crippen LogP contribution < -0.4 is 26.8 Å². The first-order valence-electron chi connectivity index (χ1n) is 8.79. The van der Waals surface area contributed by atoms with E-state index in [2.05, 4.69) is 40.6 Å². The summed E-state index contributed by atoms with van der Waals surface area (Å²) in [6, 6.07) is 8.43. The Labute approximate surface area is 173 Å². The number of aromatic nitrogens is 3. The van der Waals surface area contributed by atoms with Crippen LogP contribution in [0, 0.1) is 5.82 Å². The zero-order valence-corrected chi connectivity index (χ0v) is 17.6. The first-order valence-corrected chi connectivity index (χ1v) is 11.0. The van der Waals surface area contributed by atoms with Crippen molar-refractivity contribution in [2.24, 2.45) is 3.21 Å². The van der Waals surface area contributed by atoms with E-state index in [1.807, 2.05) is 19.1 Å². The molecular weight excluding hydrogens is 468 g/mol.